The quantitative estimate of drug-likeness (QED) is 0.630. The lowest BCUT2D eigenvalue weighted by Gasteiger charge is -2.28. The summed E-state index contributed by atoms with van der Waals surface area (Å²) in [5.74, 6) is 0.547. The molecule has 13 heavy (non-hydrogen) atoms. The van der Waals surface area contributed by atoms with Gasteiger partial charge in [0.2, 0.25) is 0 Å². The summed E-state index contributed by atoms with van der Waals surface area (Å²) in [7, 11) is 0. The van der Waals surface area contributed by atoms with Gasteiger partial charge in [-0.05, 0) is 32.6 Å². The van der Waals surface area contributed by atoms with E-state index in [1.165, 1.54) is 12.8 Å². The van der Waals surface area contributed by atoms with Crippen LogP contribution in [0.4, 0.5) is 0 Å². The molecule has 1 aliphatic rings. The molecule has 2 heteroatoms. The fourth-order valence-corrected chi connectivity index (χ4v) is 2.46. The molecule has 0 radical (unpaired) electrons. The Morgan fingerprint density at radius 3 is 2.77 bits per heavy atom. The van der Waals surface area contributed by atoms with Crippen LogP contribution in [0.3, 0.4) is 0 Å². The lowest BCUT2D eigenvalue weighted by molar-refractivity contribution is -0.156. The van der Waals surface area contributed by atoms with Crippen LogP contribution in [0.1, 0.15) is 46.5 Å². The first-order valence-electron chi connectivity index (χ1n) is 5.32. The second kappa shape index (κ2) is 4.12. The number of ether oxygens (including phenoxy) is 1. The maximum atomic E-state index is 11.7. The summed E-state index contributed by atoms with van der Waals surface area (Å²) in [6, 6.07) is 0. The highest BCUT2D eigenvalue weighted by atomic mass is 16.5. The lowest BCUT2D eigenvalue weighted by atomic mass is 9.78. The van der Waals surface area contributed by atoms with E-state index >= 15 is 0 Å². The highest BCUT2D eigenvalue weighted by molar-refractivity contribution is 5.77. The fourth-order valence-electron chi connectivity index (χ4n) is 2.46. The van der Waals surface area contributed by atoms with Gasteiger partial charge in [0.05, 0.1) is 12.0 Å². The van der Waals surface area contributed by atoms with Gasteiger partial charge in [-0.3, -0.25) is 4.79 Å². The molecular formula is C11H20O2. The van der Waals surface area contributed by atoms with Crippen molar-refractivity contribution in [2.45, 2.75) is 46.5 Å². The summed E-state index contributed by atoms with van der Waals surface area (Å²) in [5, 5.41) is 0. The van der Waals surface area contributed by atoms with Crippen LogP contribution in [0.15, 0.2) is 0 Å². The van der Waals surface area contributed by atoms with Crippen molar-refractivity contribution in [1.82, 2.24) is 0 Å². The van der Waals surface area contributed by atoms with Crippen LogP contribution < -0.4 is 0 Å². The highest BCUT2D eigenvalue weighted by Crippen LogP contribution is 2.45. The molecule has 0 bridgehead atoms. The average Bonchev–Trinajstić information content (AvgIpc) is 2.48. The molecule has 2 nitrogen and oxygen atoms in total. The van der Waals surface area contributed by atoms with Gasteiger partial charge >= 0.3 is 5.97 Å². The molecule has 1 aliphatic carbocycles. The standard InChI is InChI=1S/C11H20O2/c1-4-9-7-6-8-11(9,3)10(12)13-5-2/h9H,4-8H2,1-3H3/t9-,11+/m1/s1. The minimum atomic E-state index is -0.190. The van der Waals surface area contributed by atoms with E-state index in [1.807, 2.05) is 6.92 Å². The van der Waals surface area contributed by atoms with Gasteiger partial charge in [0, 0.05) is 0 Å². The highest BCUT2D eigenvalue weighted by Gasteiger charge is 2.44. The molecular weight excluding hydrogens is 164 g/mol. The van der Waals surface area contributed by atoms with Crippen LogP contribution >= 0.6 is 0 Å². The fraction of sp³-hybridized carbons (Fsp3) is 0.909. The van der Waals surface area contributed by atoms with Crippen molar-refractivity contribution in [2.75, 3.05) is 6.61 Å². The van der Waals surface area contributed by atoms with Gasteiger partial charge in [0.15, 0.2) is 0 Å². The van der Waals surface area contributed by atoms with Gasteiger partial charge in [-0.2, -0.15) is 0 Å². The molecule has 0 heterocycles. The molecule has 0 aromatic heterocycles. The molecule has 0 unspecified atom stereocenters. The minimum absolute atomic E-state index is 0.0133. The molecule has 0 amide bonds. The van der Waals surface area contributed by atoms with Crippen molar-refractivity contribution in [3.63, 3.8) is 0 Å². The number of hydrogen-bond acceptors (Lipinski definition) is 2. The average molecular weight is 184 g/mol. The molecule has 0 aromatic carbocycles. The zero-order valence-corrected chi connectivity index (χ0v) is 8.93. The first kappa shape index (κ1) is 10.6. The van der Waals surface area contributed by atoms with Gasteiger partial charge in [0.25, 0.3) is 0 Å². The van der Waals surface area contributed by atoms with Crippen LogP contribution in [0.25, 0.3) is 0 Å². The van der Waals surface area contributed by atoms with Gasteiger partial charge in [-0.15, -0.1) is 0 Å². The summed E-state index contributed by atoms with van der Waals surface area (Å²) in [5.41, 5.74) is -0.190. The van der Waals surface area contributed by atoms with Crippen molar-refractivity contribution < 1.29 is 9.53 Å². The van der Waals surface area contributed by atoms with Crippen LogP contribution in [-0.2, 0) is 9.53 Å². The largest absolute Gasteiger partial charge is 0.466 e. The lowest BCUT2D eigenvalue weighted by Crippen LogP contribution is -2.33. The van der Waals surface area contributed by atoms with Gasteiger partial charge in [0.1, 0.15) is 0 Å². The minimum Gasteiger partial charge on any atom is -0.466 e. The summed E-state index contributed by atoms with van der Waals surface area (Å²) < 4.78 is 5.12. The third-order valence-electron chi connectivity index (χ3n) is 3.38. The summed E-state index contributed by atoms with van der Waals surface area (Å²) in [6.45, 7) is 6.60. The first-order chi connectivity index (χ1) is 6.15. The number of rotatable bonds is 3. The molecule has 0 aliphatic heterocycles. The predicted molar refractivity (Wildman–Crippen MR) is 52.4 cm³/mol. The molecule has 0 N–H and O–H groups in total. The van der Waals surface area contributed by atoms with E-state index in [1.54, 1.807) is 0 Å². The van der Waals surface area contributed by atoms with E-state index in [9.17, 15) is 4.79 Å². The Balaban J connectivity index is 2.67. The molecule has 2 atom stereocenters. The Morgan fingerprint density at radius 1 is 1.54 bits per heavy atom. The van der Waals surface area contributed by atoms with E-state index in [4.69, 9.17) is 4.74 Å². The van der Waals surface area contributed by atoms with Gasteiger partial charge < -0.3 is 4.74 Å². The third-order valence-corrected chi connectivity index (χ3v) is 3.38. The topological polar surface area (TPSA) is 26.3 Å². The second-order valence-electron chi connectivity index (χ2n) is 4.14. The molecule has 0 spiro atoms. The van der Waals surface area contributed by atoms with Crippen LogP contribution in [0.5, 0.6) is 0 Å². The summed E-state index contributed by atoms with van der Waals surface area (Å²) >= 11 is 0. The van der Waals surface area contributed by atoms with Crippen LogP contribution in [-0.4, -0.2) is 12.6 Å². The van der Waals surface area contributed by atoms with E-state index in [-0.39, 0.29) is 11.4 Å². The normalized spacial score (nSPS) is 33.3. The van der Waals surface area contributed by atoms with Gasteiger partial charge in [-0.25, -0.2) is 0 Å². The Kier molecular flexibility index (Phi) is 3.34. The van der Waals surface area contributed by atoms with E-state index in [0.29, 0.717) is 12.5 Å². The monoisotopic (exact) mass is 184 g/mol. The first-order valence-corrected chi connectivity index (χ1v) is 5.32. The zero-order chi connectivity index (χ0) is 9.90. The molecule has 1 saturated carbocycles. The second-order valence-corrected chi connectivity index (χ2v) is 4.14. The predicted octanol–water partition coefficient (Wildman–Crippen LogP) is 2.77. The van der Waals surface area contributed by atoms with E-state index in [0.717, 1.165) is 12.8 Å². The molecule has 1 fully saturated rings. The van der Waals surface area contributed by atoms with E-state index in [2.05, 4.69) is 13.8 Å². The number of carbonyl (C=O) groups excluding carboxylic acids is 1. The third kappa shape index (κ3) is 1.87. The van der Waals surface area contributed by atoms with Gasteiger partial charge in [-0.1, -0.05) is 19.8 Å². The van der Waals surface area contributed by atoms with Crippen LogP contribution in [0.2, 0.25) is 0 Å². The molecule has 1 rings (SSSR count). The smallest absolute Gasteiger partial charge is 0.312 e. The van der Waals surface area contributed by atoms with Crippen LogP contribution in [0, 0.1) is 11.3 Å². The number of esters is 1. The van der Waals surface area contributed by atoms with Crippen molar-refractivity contribution in [2.24, 2.45) is 11.3 Å². The van der Waals surface area contributed by atoms with Crippen molar-refractivity contribution in [3.8, 4) is 0 Å². The summed E-state index contributed by atoms with van der Waals surface area (Å²) in [4.78, 5) is 11.7. The molecule has 76 valence electrons. The Bertz CT molecular complexity index is 189. The number of hydrogen-bond donors (Lipinski definition) is 0. The maximum Gasteiger partial charge on any atom is 0.312 e. The van der Waals surface area contributed by atoms with Crippen molar-refractivity contribution in [1.29, 1.82) is 0 Å². The maximum absolute atomic E-state index is 11.7. The Morgan fingerprint density at radius 2 is 2.23 bits per heavy atom. The SMILES string of the molecule is CCOC(=O)[C@@]1(C)CCC[C@H]1CC. The van der Waals surface area contributed by atoms with Crippen molar-refractivity contribution >= 4 is 5.97 Å². The molecule has 0 saturated heterocycles. The number of carbonyl (C=O) groups is 1. The Hall–Kier alpha value is -0.530. The summed E-state index contributed by atoms with van der Waals surface area (Å²) in [6.07, 6.45) is 4.46. The Labute approximate surface area is 80.7 Å². The molecule has 0 aromatic rings. The van der Waals surface area contributed by atoms with E-state index < -0.39 is 0 Å². The van der Waals surface area contributed by atoms with Crippen molar-refractivity contribution in [3.05, 3.63) is 0 Å². The zero-order valence-electron chi connectivity index (χ0n) is 8.93.